The molecule has 120 valence electrons. The summed E-state index contributed by atoms with van der Waals surface area (Å²) in [6.45, 7) is 1.94. The van der Waals surface area contributed by atoms with Crippen molar-refractivity contribution in [1.82, 2.24) is 0 Å². The zero-order chi connectivity index (χ0) is 16.8. The quantitative estimate of drug-likeness (QED) is 0.786. The number of carbonyl (C=O) groups is 1. The van der Waals surface area contributed by atoms with E-state index in [2.05, 4.69) is 21.2 Å². The Hall–Kier alpha value is -2.27. The minimum atomic E-state index is -0.208. The van der Waals surface area contributed by atoms with E-state index in [0.29, 0.717) is 11.5 Å². The average Bonchev–Trinajstić information content (AvgIpc) is 2.55. The molecule has 0 bridgehead atoms. The van der Waals surface area contributed by atoms with Crippen LogP contribution in [0.15, 0.2) is 46.9 Å². The number of hydrogen-bond acceptors (Lipinski definition) is 3. The van der Waals surface area contributed by atoms with Crippen molar-refractivity contribution in [3.63, 3.8) is 0 Å². The molecule has 0 spiro atoms. The van der Waals surface area contributed by atoms with Crippen LogP contribution in [0.25, 0.3) is 6.08 Å². The zero-order valence-corrected chi connectivity index (χ0v) is 14.8. The van der Waals surface area contributed by atoms with Gasteiger partial charge in [-0.25, -0.2) is 0 Å². The zero-order valence-electron chi connectivity index (χ0n) is 13.2. The molecule has 0 radical (unpaired) electrons. The number of amides is 1. The summed E-state index contributed by atoms with van der Waals surface area (Å²) >= 11 is 3.40. The lowest BCUT2D eigenvalue weighted by atomic mass is 10.1. The molecule has 1 N–H and O–H groups in total. The second kappa shape index (κ2) is 7.83. The summed E-state index contributed by atoms with van der Waals surface area (Å²) < 4.78 is 11.4. The molecule has 0 fully saturated rings. The first-order chi connectivity index (χ1) is 11.0. The fraction of sp³-hybridized carbons (Fsp3) is 0.167. The number of nitrogens with one attached hydrogen (secondary N) is 1. The van der Waals surface area contributed by atoms with Crippen molar-refractivity contribution in [2.75, 3.05) is 19.5 Å². The van der Waals surface area contributed by atoms with Gasteiger partial charge in [-0.2, -0.15) is 0 Å². The van der Waals surface area contributed by atoms with Gasteiger partial charge in [-0.05, 0) is 55.0 Å². The topological polar surface area (TPSA) is 47.6 Å². The predicted octanol–water partition coefficient (Wildman–Crippen LogP) is 4.43. The first-order valence-corrected chi connectivity index (χ1v) is 7.80. The first-order valence-electron chi connectivity index (χ1n) is 7.00. The molecule has 0 aliphatic carbocycles. The third kappa shape index (κ3) is 4.60. The van der Waals surface area contributed by atoms with Crippen LogP contribution in [0.2, 0.25) is 0 Å². The van der Waals surface area contributed by atoms with E-state index in [1.54, 1.807) is 32.4 Å². The Labute approximate surface area is 144 Å². The van der Waals surface area contributed by atoms with Crippen LogP contribution >= 0.6 is 15.9 Å². The van der Waals surface area contributed by atoms with Gasteiger partial charge in [0.25, 0.3) is 0 Å². The summed E-state index contributed by atoms with van der Waals surface area (Å²) in [6, 6.07) is 11.1. The number of aryl methyl sites for hydroxylation is 1. The van der Waals surface area contributed by atoms with E-state index in [4.69, 9.17) is 9.47 Å². The lowest BCUT2D eigenvalue weighted by Crippen LogP contribution is -2.08. The van der Waals surface area contributed by atoms with Gasteiger partial charge in [0.05, 0.1) is 14.2 Å². The lowest BCUT2D eigenvalue weighted by Gasteiger charge is -2.08. The molecule has 5 heteroatoms. The molecule has 0 heterocycles. The Morgan fingerprint density at radius 3 is 2.57 bits per heavy atom. The minimum Gasteiger partial charge on any atom is -0.497 e. The Morgan fingerprint density at radius 2 is 1.91 bits per heavy atom. The van der Waals surface area contributed by atoms with Crippen molar-refractivity contribution >= 4 is 33.6 Å². The SMILES string of the molecule is COc1ccc(OC)c(/C=C/C(=O)Nc2ccc(Br)cc2C)c1. The molecule has 2 rings (SSSR count). The molecule has 0 aliphatic rings. The molecular weight excluding hydrogens is 358 g/mol. The number of carbonyl (C=O) groups excluding carboxylic acids is 1. The Kier molecular flexibility index (Phi) is 5.82. The second-order valence-electron chi connectivity index (χ2n) is 4.89. The van der Waals surface area contributed by atoms with Crippen molar-refractivity contribution in [2.24, 2.45) is 0 Å². The normalized spacial score (nSPS) is 10.6. The van der Waals surface area contributed by atoms with Crippen molar-refractivity contribution in [2.45, 2.75) is 6.92 Å². The molecule has 0 unspecified atom stereocenters. The molecule has 2 aromatic rings. The van der Waals surface area contributed by atoms with Gasteiger partial charge in [0.1, 0.15) is 11.5 Å². The van der Waals surface area contributed by atoms with Crippen LogP contribution in [0.3, 0.4) is 0 Å². The number of methoxy groups -OCH3 is 2. The molecule has 23 heavy (non-hydrogen) atoms. The van der Waals surface area contributed by atoms with E-state index in [1.165, 1.54) is 6.08 Å². The number of halogens is 1. The summed E-state index contributed by atoms with van der Waals surface area (Å²) in [7, 11) is 3.18. The standard InChI is InChI=1S/C18H18BrNO3/c1-12-10-14(19)5-7-16(12)20-18(21)9-4-13-11-15(22-2)6-8-17(13)23-3/h4-11H,1-3H3,(H,20,21)/b9-4+. The molecule has 0 saturated carbocycles. The minimum absolute atomic E-state index is 0.208. The highest BCUT2D eigenvalue weighted by Gasteiger charge is 2.05. The van der Waals surface area contributed by atoms with Crippen molar-refractivity contribution in [1.29, 1.82) is 0 Å². The number of benzene rings is 2. The molecule has 1 amide bonds. The second-order valence-corrected chi connectivity index (χ2v) is 5.81. The number of ether oxygens (including phenoxy) is 2. The van der Waals surface area contributed by atoms with Crippen molar-refractivity contribution in [3.05, 3.63) is 58.1 Å². The van der Waals surface area contributed by atoms with E-state index in [1.807, 2.05) is 31.2 Å². The maximum absolute atomic E-state index is 12.1. The smallest absolute Gasteiger partial charge is 0.248 e. The highest BCUT2D eigenvalue weighted by atomic mass is 79.9. The van der Waals surface area contributed by atoms with Crippen LogP contribution in [-0.2, 0) is 4.79 Å². The Balaban J connectivity index is 2.14. The fourth-order valence-electron chi connectivity index (χ4n) is 2.08. The third-order valence-electron chi connectivity index (χ3n) is 3.30. The van der Waals surface area contributed by atoms with Gasteiger partial charge in [-0.15, -0.1) is 0 Å². The molecule has 4 nitrogen and oxygen atoms in total. The van der Waals surface area contributed by atoms with Gasteiger partial charge in [0, 0.05) is 21.8 Å². The maximum Gasteiger partial charge on any atom is 0.248 e. The summed E-state index contributed by atoms with van der Waals surface area (Å²) in [4.78, 5) is 12.1. The maximum atomic E-state index is 12.1. The molecule has 2 aromatic carbocycles. The van der Waals surface area contributed by atoms with Gasteiger partial charge in [0.2, 0.25) is 5.91 Å². The molecule has 0 atom stereocenters. The largest absolute Gasteiger partial charge is 0.497 e. The number of hydrogen-bond donors (Lipinski definition) is 1. The van der Waals surface area contributed by atoms with Crippen LogP contribution in [-0.4, -0.2) is 20.1 Å². The molecule has 0 aromatic heterocycles. The summed E-state index contributed by atoms with van der Waals surface area (Å²) in [5.74, 6) is 1.17. The van der Waals surface area contributed by atoms with Gasteiger partial charge in [-0.3, -0.25) is 4.79 Å². The van der Waals surface area contributed by atoms with E-state index in [-0.39, 0.29) is 5.91 Å². The van der Waals surface area contributed by atoms with Gasteiger partial charge < -0.3 is 14.8 Å². The van der Waals surface area contributed by atoms with Crippen LogP contribution in [0, 0.1) is 6.92 Å². The highest BCUT2D eigenvalue weighted by Crippen LogP contribution is 2.25. The monoisotopic (exact) mass is 375 g/mol. The van der Waals surface area contributed by atoms with Crippen LogP contribution in [0.1, 0.15) is 11.1 Å². The average molecular weight is 376 g/mol. The third-order valence-corrected chi connectivity index (χ3v) is 3.79. The van der Waals surface area contributed by atoms with E-state index in [0.717, 1.165) is 21.3 Å². The van der Waals surface area contributed by atoms with E-state index >= 15 is 0 Å². The van der Waals surface area contributed by atoms with E-state index in [9.17, 15) is 4.79 Å². The van der Waals surface area contributed by atoms with Gasteiger partial charge in [0.15, 0.2) is 0 Å². The Morgan fingerprint density at radius 1 is 1.13 bits per heavy atom. The number of rotatable bonds is 5. The fourth-order valence-corrected chi connectivity index (χ4v) is 2.55. The summed E-state index contributed by atoms with van der Waals surface area (Å²) in [6.07, 6.45) is 3.17. The molecule has 0 saturated heterocycles. The lowest BCUT2D eigenvalue weighted by molar-refractivity contribution is -0.111. The predicted molar refractivity (Wildman–Crippen MR) is 96.1 cm³/mol. The van der Waals surface area contributed by atoms with Crippen molar-refractivity contribution < 1.29 is 14.3 Å². The van der Waals surface area contributed by atoms with Gasteiger partial charge in [-0.1, -0.05) is 15.9 Å². The number of anilines is 1. The summed E-state index contributed by atoms with van der Waals surface area (Å²) in [5, 5.41) is 2.86. The van der Waals surface area contributed by atoms with Crippen molar-refractivity contribution in [3.8, 4) is 11.5 Å². The van der Waals surface area contributed by atoms with E-state index < -0.39 is 0 Å². The first kappa shape index (κ1) is 17.1. The van der Waals surface area contributed by atoms with Gasteiger partial charge >= 0.3 is 0 Å². The van der Waals surface area contributed by atoms with Crippen LogP contribution < -0.4 is 14.8 Å². The molecular formula is C18H18BrNO3. The van der Waals surface area contributed by atoms with Crippen LogP contribution in [0.4, 0.5) is 5.69 Å². The molecule has 0 aliphatic heterocycles. The highest BCUT2D eigenvalue weighted by molar-refractivity contribution is 9.10. The Bertz CT molecular complexity index is 741. The van der Waals surface area contributed by atoms with Crippen LogP contribution in [0.5, 0.6) is 11.5 Å². The summed E-state index contributed by atoms with van der Waals surface area (Å²) in [5.41, 5.74) is 2.54.